The summed E-state index contributed by atoms with van der Waals surface area (Å²) in [6, 6.07) is 0. The largest absolute Gasteiger partial charge is 0.137 e. The highest BCUT2D eigenvalue weighted by atomic mass is 31.0. The van der Waals surface area contributed by atoms with Crippen LogP contribution in [0.3, 0.4) is 0 Å². The average Bonchev–Trinajstić information content (AvgIpc) is 2.37. The Labute approximate surface area is 125 Å². The van der Waals surface area contributed by atoms with E-state index >= 15 is 0 Å². The van der Waals surface area contributed by atoms with Gasteiger partial charge in [0.1, 0.15) is 0 Å². The second-order valence-corrected chi connectivity index (χ2v) is 8.22. The molecule has 0 aromatic rings. The maximum absolute atomic E-state index is 2.96. The molecule has 0 fully saturated rings. The van der Waals surface area contributed by atoms with Gasteiger partial charge in [0.15, 0.2) is 0 Å². The van der Waals surface area contributed by atoms with E-state index in [0.717, 1.165) is 5.92 Å². The fourth-order valence-corrected chi connectivity index (χ4v) is 3.51. The number of hydrogen-bond donors (Lipinski definition) is 0. The maximum atomic E-state index is 2.96. The molecular formula is C18H39P. The Balaban J connectivity index is 3.74. The predicted molar refractivity (Wildman–Crippen MR) is 93.9 cm³/mol. The zero-order chi connectivity index (χ0) is 14.9. The van der Waals surface area contributed by atoms with E-state index in [1.165, 1.54) is 57.5 Å². The van der Waals surface area contributed by atoms with Crippen molar-refractivity contribution in [2.24, 2.45) is 16.7 Å². The molecule has 0 radical (unpaired) electrons. The van der Waals surface area contributed by atoms with Crippen molar-refractivity contribution in [2.75, 3.05) is 6.16 Å². The summed E-state index contributed by atoms with van der Waals surface area (Å²) in [5, 5.41) is 0. The molecule has 0 saturated carbocycles. The van der Waals surface area contributed by atoms with Crippen LogP contribution in [0, 0.1) is 16.7 Å². The van der Waals surface area contributed by atoms with Crippen LogP contribution in [0.1, 0.15) is 92.9 Å². The quantitative estimate of drug-likeness (QED) is 0.293. The third-order valence-corrected chi connectivity index (χ3v) is 5.98. The molecule has 0 aromatic heterocycles. The molecule has 2 unspecified atom stereocenters. The molecule has 0 aliphatic heterocycles. The molecule has 0 aliphatic carbocycles. The zero-order valence-electron chi connectivity index (χ0n) is 14.5. The standard InChI is InChI=1S/C18H39P/c1-7-17(3,4)14-12-10-9-11-13-16(15-19)18(5,6)8-2/h16H,7-15,19H2,1-6H3. The van der Waals surface area contributed by atoms with E-state index in [2.05, 4.69) is 50.8 Å². The van der Waals surface area contributed by atoms with Crippen LogP contribution in [0.2, 0.25) is 0 Å². The average molecular weight is 286 g/mol. The van der Waals surface area contributed by atoms with Gasteiger partial charge in [0, 0.05) is 0 Å². The van der Waals surface area contributed by atoms with Crippen LogP contribution in [0.25, 0.3) is 0 Å². The van der Waals surface area contributed by atoms with E-state index in [1.54, 1.807) is 0 Å². The zero-order valence-corrected chi connectivity index (χ0v) is 15.7. The fraction of sp³-hybridized carbons (Fsp3) is 1.00. The Morgan fingerprint density at radius 3 is 1.89 bits per heavy atom. The van der Waals surface area contributed by atoms with Crippen molar-refractivity contribution in [2.45, 2.75) is 92.9 Å². The first-order chi connectivity index (χ1) is 8.79. The molecular weight excluding hydrogens is 247 g/mol. The molecule has 1 heteroatoms. The lowest BCUT2D eigenvalue weighted by atomic mass is 9.75. The lowest BCUT2D eigenvalue weighted by Crippen LogP contribution is -2.24. The first kappa shape index (κ1) is 19.4. The number of rotatable bonds is 11. The third-order valence-electron chi connectivity index (χ3n) is 5.41. The molecule has 116 valence electrons. The second-order valence-electron chi connectivity index (χ2n) is 7.75. The van der Waals surface area contributed by atoms with Gasteiger partial charge in [0.25, 0.3) is 0 Å². The molecule has 0 bridgehead atoms. The van der Waals surface area contributed by atoms with E-state index in [0.29, 0.717) is 10.8 Å². The van der Waals surface area contributed by atoms with Gasteiger partial charge in [-0.2, -0.15) is 0 Å². The molecule has 0 N–H and O–H groups in total. The smallest absolute Gasteiger partial charge is 0.0325 e. The van der Waals surface area contributed by atoms with Crippen molar-refractivity contribution in [3.8, 4) is 0 Å². The number of unbranched alkanes of at least 4 members (excludes halogenated alkanes) is 3. The van der Waals surface area contributed by atoms with Crippen molar-refractivity contribution in [1.29, 1.82) is 0 Å². The highest BCUT2D eigenvalue weighted by molar-refractivity contribution is 7.16. The van der Waals surface area contributed by atoms with Crippen LogP contribution in [0.4, 0.5) is 0 Å². The van der Waals surface area contributed by atoms with Crippen molar-refractivity contribution < 1.29 is 0 Å². The minimum Gasteiger partial charge on any atom is -0.137 e. The Kier molecular flexibility index (Phi) is 9.59. The van der Waals surface area contributed by atoms with Crippen molar-refractivity contribution in [3.05, 3.63) is 0 Å². The summed E-state index contributed by atoms with van der Waals surface area (Å²) >= 11 is 0. The van der Waals surface area contributed by atoms with Crippen LogP contribution in [0.15, 0.2) is 0 Å². The van der Waals surface area contributed by atoms with Crippen LogP contribution in [0.5, 0.6) is 0 Å². The second kappa shape index (κ2) is 9.38. The van der Waals surface area contributed by atoms with E-state index in [-0.39, 0.29) is 0 Å². The number of hydrogen-bond acceptors (Lipinski definition) is 0. The van der Waals surface area contributed by atoms with Crippen molar-refractivity contribution >= 4 is 9.24 Å². The van der Waals surface area contributed by atoms with Crippen LogP contribution < -0.4 is 0 Å². The van der Waals surface area contributed by atoms with Crippen LogP contribution in [-0.4, -0.2) is 6.16 Å². The summed E-state index contributed by atoms with van der Waals surface area (Å²) in [6.07, 6.45) is 12.4. The van der Waals surface area contributed by atoms with E-state index < -0.39 is 0 Å². The van der Waals surface area contributed by atoms with E-state index in [9.17, 15) is 0 Å². The molecule has 0 spiro atoms. The summed E-state index contributed by atoms with van der Waals surface area (Å²) in [5.74, 6) is 0.884. The topological polar surface area (TPSA) is 0 Å². The first-order valence-corrected chi connectivity index (χ1v) is 9.30. The van der Waals surface area contributed by atoms with Crippen LogP contribution >= 0.6 is 9.24 Å². The maximum Gasteiger partial charge on any atom is -0.0325 e. The molecule has 2 atom stereocenters. The van der Waals surface area contributed by atoms with Gasteiger partial charge < -0.3 is 0 Å². The summed E-state index contributed by atoms with van der Waals surface area (Å²) in [5.41, 5.74) is 1.08. The molecule has 0 heterocycles. The third kappa shape index (κ3) is 8.34. The predicted octanol–water partition coefficient (Wildman–Crippen LogP) is 6.69. The SMILES string of the molecule is CCC(C)(C)CCCCCCC(CP)C(C)(C)CC. The van der Waals surface area contributed by atoms with Crippen molar-refractivity contribution in [1.82, 2.24) is 0 Å². The molecule has 0 aliphatic rings. The molecule has 0 aromatic carbocycles. The molecule has 0 rings (SSSR count). The summed E-state index contributed by atoms with van der Waals surface area (Å²) in [6.45, 7) is 14.3. The normalized spacial score (nSPS) is 14.7. The summed E-state index contributed by atoms with van der Waals surface area (Å²) in [7, 11) is 2.96. The first-order valence-electron chi connectivity index (χ1n) is 8.49. The lowest BCUT2D eigenvalue weighted by Gasteiger charge is -2.33. The Hall–Kier alpha value is 0.430. The van der Waals surface area contributed by atoms with Crippen LogP contribution in [-0.2, 0) is 0 Å². The van der Waals surface area contributed by atoms with Gasteiger partial charge in [-0.1, -0.05) is 80.1 Å². The fourth-order valence-electron chi connectivity index (χ4n) is 2.64. The Morgan fingerprint density at radius 1 is 0.842 bits per heavy atom. The Morgan fingerprint density at radius 2 is 1.42 bits per heavy atom. The van der Waals surface area contributed by atoms with Gasteiger partial charge in [-0.25, -0.2) is 0 Å². The van der Waals surface area contributed by atoms with Gasteiger partial charge in [-0.15, -0.1) is 9.24 Å². The molecule has 0 amide bonds. The monoisotopic (exact) mass is 286 g/mol. The lowest BCUT2D eigenvalue weighted by molar-refractivity contribution is 0.208. The molecule has 0 nitrogen and oxygen atoms in total. The van der Waals surface area contributed by atoms with Gasteiger partial charge in [-0.3, -0.25) is 0 Å². The summed E-state index contributed by atoms with van der Waals surface area (Å²) < 4.78 is 0. The van der Waals surface area contributed by atoms with E-state index in [4.69, 9.17) is 0 Å². The van der Waals surface area contributed by atoms with Gasteiger partial charge >= 0.3 is 0 Å². The summed E-state index contributed by atoms with van der Waals surface area (Å²) in [4.78, 5) is 0. The highest BCUT2D eigenvalue weighted by Gasteiger charge is 2.25. The van der Waals surface area contributed by atoms with Gasteiger partial charge in [0.2, 0.25) is 0 Å². The molecule has 0 saturated heterocycles. The van der Waals surface area contributed by atoms with Gasteiger partial charge in [0.05, 0.1) is 0 Å². The highest BCUT2D eigenvalue weighted by Crippen LogP contribution is 2.35. The minimum absolute atomic E-state index is 0.520. The van der Waals surface area contributed by atoms with Gasteiger partial charge in [-0.05, 0) is 35.8 Å². The Bertz CT molecular complexity index is 218. The minimum atomic E-state index is 0.520. The molecule has 19 heavy (non-hydrogen) atoms. The van der Waals surface area contributed by atoms with Crippen molar-refractivity contribution in [3.63, 3.8) is 0 Å². The van der Waals surface area contributed by atoms with E-state index in [1.807, 2.05) is 0 Å².